The van der Waals surface area contributed by atoms with E-state index in [9.17, 15) is 9.59 Å². The molecule has 2 amide bonds. The number of carbonyl (C=O) groups excluding carboxylic acids is 2. The van der Waals surface area contributed by atoms with Crippen molar-refractivity contribution in [2.45, 2.75) is 24.9 Å². The number of benzene rings is 2. The Labute approximate surface area is 178 Å². The SMILES string of the molecule is O=C(NC1(C(=O)NCc2ccc(Oc3ccccc3Cl)cc2)CC1)c1cncnc1. The smallest absolute Gasteiger partial charge is 0.255 e. The molecule has 0 aliphatic heterocycles. The number of aromatic nitrogens is 2. The van der Waals surface area contributed by atoms with E-state index in [4.69, 9.17) is 16.3 Å². The number of nitrogens with one attached hydrogen (secondary N) is 2. The summed E-state index contributed by atoms with van der Waals surface area (Å²) in [5.74, 6) is 0.665. The van der Waals surface area contributed by atoms with E-state index in [1.165, 1.54) is 18.7 Å². The summed E-state index contributed by atoms with van der Waals surface area (Å²) >= 11 is 6.10. The van der Waals surface area contributed by atoms with E-state index in [2.05, 4.69) is 20.6 Å². The van der Waals surface area contributed by atoms with Crippen molar-refractivity contribution in [3.63, 3.8) is 0 Å². The highest BCUT2D eigenvalue weighted by Gasteiger charge is 2.51. The first-order valence-electron chi connectivity index (χ1n) is 9.43. The van der Waals surface area contributed by atoms with Gasteiger partial charge >= 0.3 is 0 Å². The fraction of sp³-hybridized carbons (Fsp3) is 0.182. The zero-order valence-electron chi connectivity index (χ0n) is 16.0. The van der Waals surface area contributed by atoms with Gasteiger partial charge < -0.3 is 15.4 Å². The number of rotatable bonds is 7. The lowest BCUT2D eigenvalue weighted by Gasteiger charge is -2.17. The van der Waals surface area contributed by atoms with Crippen molar-refractivity contribution in [3.8, 4) is 11.5 Å². The highest BCUT2D eigenvalue weighted by atomic mass is 35.5. The summed E-state index contributed by atoms with van der Waals surface area (Å²) in [4.78, 5) is 32.6. The second-order valence-corrected chi connectivity index (χ2v) is 7.43. The Morgan fingerprint density at radius 3 is 2.40 bits per heavy atom. The zero-order valence-corrected chi connectivity index (χ0v) is 16.7. The number of ether oxygens (including phenoxy) is 1. The van der Waals surface area contributed by atoms with Gasteiger partial charge in [0.15, 0.2) is 0 Å². The molecule has 152 valence electrons. The molecule has 1 heterocycles. The molecule has 4 rings (SSSR count). The maximum absolute atomic E-state index is 12.6. The number of halogens is 1. The Hall–Kier alpha value is -3.45. The number of amides is 2. The van der Waals surface area contributed by atoms with Gasteiger partial charge in [-0.15, -0.1) is 0 Å². The Balaban J connectivity index is 1.31. The molecule has 2 aromatic carbocycles. The van der Waals surface area contributed by atoms with Crippen LogP contribution in [0.25, 0.3) is 0 Å². The third-order valence-corrected chi connectivity index (χ3v) is 5.11. The molecule has 0 bridgehead atoms. The molecule has 1 aromatic heterocycles. The topological polar surface area (TPSA) is 93.2 Å². The predicted octanol–water partition coefficient (Wildman–Crippen LogP) is 3.50. The lowest BCUT2D eigenvalue weighted by atomic mass is 10.2. The van der Waals surface area contributed by atoms with Crippen molar-refractivity contribution < 1.29 is 14.3 Å². The maximum Gasteiger partial charge on any atom is 0.255 e. The fourth-order valence-corrected chi connectivity index (χ4v) is 3.10. The Bertz CT molecular complexity index is 1050. The summed E-state index contributed by atoms with van der Waals surface area (Å²) in [6.45, 7) is 0.345. The third kappa shape index (κ3) is 4.58. The Morgan fingerprint density at radius 2 is 1.73 bits per heavy atom. The molecule has 1 aliphatic carbocycles. The van der Waals surface area contributed by atoms with Gasteiger partial charge in [-0.05, 0) is 42.7 Å². The van der Waals surface area contributed by atoms with E-state index in [0.29, 0.717) is 41.5 Å². The Morgan fingerprint density at radius 1 is 1.03 bits per heavy atom. The highest BCUT2D eigenvalue weighted by molar-refractivity contribution is 6.32. The van der Waals surface area contributed by atoms with E-state index in [0.717, 1.165) is 5.56 Å². The second kappa shape index (κ2) is 8.51. The van der Waals surface area contributed by atoms with E-state index in [1.807, 2.05) is 36.4 Å². The minimum Gasteiger partial charge on any atom is -0.456 e. The predicted molar refractivity (Wildman–Crippen MR) is 111 cm³/mol. The van der Waals surface area contributed by atoms with Gasteiger partial charge in [0.1, 0.15) is 23.4 Å². The number of nitrogens with zero attached hydrogens (tertiary/aromatic N) is 2. The first kappa shape index (κ1) is 19.8. The number of hydrogen-bond acceptors (Lipinski definition) is 5. The van der Waals surface area contributed by atoms with Crippen LogP contribution in [0.3, 0.4) is 0 Å². The molecule has 1 saturated carbocycles. The molecular formula is C22H19ClN4O3. The van der Waals surface area contributed by atoms with Crippen LogP contribution in [0.2, 0.25) is 5.02 Å². The van der Waals surface area contributed by atoms with Crippen molar-refractivity contribution in [1.29, 1.82) is 0 Å². The molecular weight excluding hydrogens is 404 g/mol. The van der Waals surface area contributed by atoms with Crippen LogP contribution in [0.1, 0.15) is 28.8 Å². The molecule has 7 nitrogen and oxygen atoms in total. The fourth-order valence-electron chi connectivity index (χ4n) is 2.92. The summed E-state index contributed by atoms with van der Waals surface area (Å²) in [6, 6.07) is 14.6. The van der Waals surface area contributed by atoms with Crippen LogP contribution in [0.15, 0.2) is 67.3 Å². The quantitative estimate of drug-likeness (QED) is 0.607. The van der Waals surface area contributed by atoms with Gasteiger partial charge in [-0.25, -0.2) is 9.97 Å². The van der Waals surface area contributed by atoms with E-state index < -0.39 is 5.54 Å². The Kier molecular flexibility index (Phi) is 5.63. The van der Waals surface area contributed by atoms with Crippen LogP contribution >= 0.6 is 11.6 Å². The standard InChI is InChI=1S/C22H19ClN4O3/c23-18-3-1-2-4-19(18)30-17-7-5-15(6-8-17)11-26-21(29)22(9-10-22)27-20(28)16-12-24-14-25-13-16/h1-8,12-14H,9-11H2,(H,26,29)(H,27,28). The number of carbonyl (C=O) groups is 2. The monoisotopic (exact) mass is 422 g/mol. The molecule has 0 atom stereocenters. The van der Waals surface area contributed by atoms with Gasteiger partial charge in [-0.1, -0.05) is 35.9 Å². The summed E-state index contributed by atoms with van der Waals surface area (Å²) < 4.78 is 5.76. The number of hydrogen-bond donors (Lipinski definition) is 2. The van der Waals surface area contributed by atoms with E-state index in [-0.39, 0.29) is 11.8 Å². The lowest BCUT2D eigenvalue weighted by molar-refractivity contribution is -0.124. The second-order valence-electron chi connectivity index (χ2n) is 7.02. The number of para-hydroxylation sites is 1. The summed E-state index contributed by atoms with van der Waals surface area (Å²) in [6.07, 6.45) is 5.39. The summed E-state index contributed by atoms with van der Waals surface area (Å²) in [5, 5.41) is 6.22. The van der Waals surface area contributed by atoms with E-state index >= 15 is 0 Å². The van der Waals surface area contributed by atoms with Crippen molar-refractivity contribution in [1.82, 2.24) is 20.6 Å². The van der Waals surface area contributed by atoms with Crippen molar-refractivity contribution >= 4 is 23.4 Å². The molecule has 1 fully saturated rings. The summed E-state index contributed by atoms with van der Waals surface area (Å²) in [5.41, 5.74) is 0.374. The van der Waals surface area contributed by atoms with Crippen LogP contribution in [0, 0.1) is 0 Å². The largest absolute Gasteiger partial charge is 0.456 e. The first-order chi connectivity index (χ1) is 14.6. The van der Waals surface area contributed by atoms with E-state index in [1.54, 1.807) is 12.1 Å². The lowest BCUT2D eigenvalue weighted by Crippen LogP contribution is -2.48. The minimum absolute atomic E-state index is 0.205. The van der Waals surface area contributed by atoms with Crippen LogP contribution in [-0.2, 0) is 11.3 Å². The van der Waals surface area contributed by atoms with Crippen molar-refractivity contribution in [2.24, 2.45) is 0 Å². The molecule has 1 aliphatic rings. The van der Waals surface area contributed by atoms with Crippen LogP contribution in [0.5, 0.6) is 11.5 Å². The van der Waals surface area contributed by atoms with Crippen LogP contribution in [0.4, 0.5) is 0 Å². The zero-order chi connectivity index (χ0) is 21.0. The van der Waals surface area contributed by atoms with Gasteiger partial charge in [0.25, 0.3) is 5.91 Å². The molecule has 0 spiro atoms. The molecule has 2 N–H and O–H groups in total. The molecule has 8 heteroatoms. The molecule has 0 unspecified atom stereocenters. The van der Waals surface area contributed by atoms with Gasteiger partial charge in [0, 0.05) is 18.9 Å². The van der Waals surface area contributed by atoms with Gasteiger partial charge in [-0.3, -0.25) is 9.59 Å². The van der Waals surface area contributed by atoms with Crippen molar-refractivity contribution in [3.05, 3.63) is 83.4 Å². The van der Waals surface area contributed by atoms with Gasteiger partial charge in [0.2, 0.25) is 5.91 Å². The summed E-state index contributed by atoms with van der Waals surface area (Å²) in [7, 11) is 0. The highest BCUT2D eigenvalue weighted by Crippen LogP contribution is 2.36. The molecule has 30 heavy (non-hydrogen) atoms. The average molecular weight is 423 g/mol. The first-order valence-corrected chi connectivity index (χ1v) is 9.81. The van der Waals surface area contributed by atoms with Gasteiger partial charge in [0.05, 0.1) is 10.6 Å². The molecule has 3 aromatic rings. The maximum atomic E-state index is 12.6. The van der Waals surface area contributed by atoms with Crippen molar-refractivity contribution in [2.75, 3.05) is 0 Å². The molecule has 0 saturated heterocycles. The average Bonchev–Trinajstić information content (AvgIpc) is 3.56. The van der Waals surface area contributed by atoms with Crippen LogP contribution in [-0.4, -0.2) is 27.3 Å². The third-order valence-electron chi connectivity index (χ3n) is 4.80. The van der Waals surface area contributed by atoms with Gasteiger partial charge in [-0.2, -0.15) is 0 Å². The minimum atomic E-state index is -0.861. The molecule has 0 radical (unpaired) electrons. The normalized spacial score (nSPS) is 13.9. The van der Waals surface area contributed by atoms with Crippen LogP contribution < -0.4 is 15.4 Å².